The summed E-state index contributed by atoms with van der Waals surface area (Å²) < 4.78 is 4.30. The van der Waals surface area contributed by atoms with Gasteiger partial charge in [-0.25, -0.2) is 19.5 Å². The monoisotopic (exact) mass is 436 g/mol. The van der Waals surface area contributed by atoms with E-state index in [4.69, 9.17) is 4.98 Å². The molecule has 0 radical (unpaired) electrons. The summed E-state index contributed by atoms with van der Waals surface area (Å²) in [5, 5.41) is 21.3. The van der Waals surface area contributed by atoms with Crippen LogP contribution in [0.25, 0.3) is 26.1 Å². The van der Waals surface area contributed by atoms with E-state index in [2.05, 4.69) is 33.2 Å². The SMILES string of the molecule is Cc1cc(C)c2c(n1)sc1c2ncn2nc(C(C)Cn3nc(C)c([N+](=O)[O-])c3C)nc12. The lowest BCUT2D eigenvalue weighted by molar-refractivity contribution is -0.386. The summed E-state index contributed by atoms with van der Waals surface area (Å²) in [6, 6.07) is 2.06. The van der Waals surface area contributed by atoms with Crippen molar-refractivity contribution >= 4 is 43.1 Å². The van der Waals surface area contributed by atoms with Gasteiger partial charge in [0.05, 0.1) is 17.0 Å². The van der Waals surface area contributed by atoms with E-state index in [-0.39, 0.29) is 16.5 Å². The molecule has 0 amide bonds. The Morgan fingerprint density at radius 3 is 2.68 bits per heavy atom. The van der Waals surface area contributed by atoms with E-state index in [0.29, 0.717) is 23.8 Å². The molecule has 31 heavy (non-hydrogen) atoms. The van der Waals surface area contributed by atoms with Crippen molar-refractivity contribution in [1.29, 1.82) is 0 Å². The molecule has 5 aromatic rings. The quantitative estimate of drug-likeness (QED) is 0.308. The summed E-state index contributed by atoms with van der Waals surface area (Å²) in [4.78, 5) is 25.9. The maximum Gasteiger partial charge on any atom is 0.312 e. The number of aryl methyl sites for hydroxylation is 3. The molecule has 1 atom stereocenters. The van der Waals surface area contributed by atoms with Crippen LogP contribution in [-0.2, 0) is 6.54 Å². The van der Waals surface area contributed by atoms with Crippen molar-refractivity contribution in [2.45, 2.75) is 47.1 Å². The third-order valence-electron chi connectivity index (χ3n) is 5.52. The van der Waals surface area contributed by atoms with Gasteiger partial charge < -0.3 is 0 Å². The minimum Gasteiger partial charge on any atom is -0.262 e. The summed E-state index contributed by atoms with van der Waals surface area (Å²) in [5.74, 6) is 0.548. The Morgan fingerprint density at radius 1 is 1.19 bits per heavy atom. The molecule has 0 saturated carbocycles. The van der Waals surface area contributed by atoms with E-state index in [0.717, 1.165) is 37.3 Å². The molecule has 0 aromatic carbocycles. The maximum absolute atomic E-state index is 11.3. The number of hydrogen-bond donors (Lipinski definition) is 0. The van der Waals surface area contributed by atoms with Crippen LogP contribution in [0.3, 0.4) is 0 Å². The first-order valence-corrected chi connectivity index (χ1v) is 10.7. The van der Waals surface area contributed by atoms with E-state index in [1.807, 2.05) is 13.8 Å². The zero-order valence-corrected chi connectivity index (χ0v) is 18.6. The Labute approximate surface area is 180 Å². The molecule has 5 aromatic heterocycles. The average molecular weight is 437 g/mol. The molecule has 0 bridgehead atoms. The number of nitro groups is 1. The fourth-order valence-corrected chi connectivity index (χ4v) is 5.29. The summed E-state index contributed by atoms with van der Waals surface area (Å²) in [5.41, 5.74) is 4.75. The Kier molecular flexibility index (Phi) is 4.26. The number of rotatable bonds is 4. The fraction of sp³-hybridized carbons (Fsp3) is 0.350. The number of nitrogens with zero attached hydrogens (tertiary/aromatic N) is 8. The molecule has 5 heterocycles. The van der Waals surface area contributed by atoms with Crippen LogP contribution in [0.2, 0.25) is 0 Å². The van der Waals surface area contributed by atoms with Gasteiger partial charge in [0.1, 0.15) is 27.2 Å². The Morgan fingerprint density at radius 2 is 1.97 bits per heavy atom. The van der Waals surface area contributed by atoms with Gasteiger partial charge in [0.15, 0.2) is 11.5 Å². The molecule has 10 nitrogen and oxygen atoms in total. The first-order valence-electron chi connectivity index (χ1n) is 9.84. The molecule has 11 heteroatoms. The molecule has 0 aliphatic rings. The van der Waals surface area contributed by atoms with E-state index in [9.17, 15) is 10.1 Å². The van der Waals surface area contributed by atoms with Crippen LogP contribution in [0.1, 0.15) is 41.3 Å². The highest BCUT2D eigenvalue weighted by Crippen LogP contribution is 2.35. The second-order valence-corrected chi connectivity index (χ2v) is 8.88. The third kappa shape index (κ3) is 2.95. The molecular formula is C20H20N8O2S. The van der Waals surface area contributed by atoms with Gasteiger partial charge in [-0.3, -0.25) is 14.8 Å². The summed E-state index contributed by atoms with van der Waals surface area (Å²) in [6.45, 7) is 9.85. The van der Waals surface area contributed by atoms with E-state index < -0.39 is 0 Å². The van der Waals surface area contributed by atoms with Gasteiger partial charge >= 0.3 is 5.69 Å². The van der Waals surface area contributed by atoms with Crippen LogP contribution in [0.15, 0.2) is 12.4 Å². The number of aromatic nitrogens is 7. The third-order valence-corrected chi connectivity index (χ3v) is 6.59. The standard InChI is InChI=1S/C20H20N8O2S/c1-9-6-11(3)22-20-14(9)15-17(31-20)19-23-18(25-27(19)8-21-15)10(2)7-26-13(5)16(28(29)30)12(4)24-26/h6,8,10H,7H2,1-5H3. The number of fused-ring (bicyclic) bond motifs is 5. The van der Waals surface area contributed by atoms with E-state index in [1.54, 1.807) is 40.7 Å². The van der Waals surface area contributed by atoms with Crippen molar-refractivity contribution < 1.29 is 4.92 Å². The maximum atomic E-state index is 11.3. The first-order chi connectivity index (χ1) is 14.7. The molecule has 0 N–H and O–H groups in total. The van der Waals surface area contributed by atoms with Gasteiger partial charge in [0.25, 0.3) is 0 Å². The Balaban J connectivity index is 1.58. The zero-order chi connectivity index (χ0) is 22.0. The van der Waals surface area contributed by atoms with Crippen LogP contribution < -0.4 is 0 Å². The number of hydrogen-bond acceptors (Lipinski definition) is 8. The van der Waals surface area contributed by atoms with Crippen LogP contribution in [0.5, 0.6) is 0 Å². The van der Waals surface area contributed by atoms with Crippen LogP contribution in [0.4, 0.5) is 5.69 Å². The Hall–Kier alpha value is -3.47. The first kappa shape index (κ1) is 19.5. The van der Waals surface area contributed by atoms with Crippen LogP contribution >= 0.6 is 11.3 Å². The summed E-state index contributed by atoms with van der Waals surface area (Å²) in [6.07, 6.45) is 1.68. The molecule has 1 unspecified atom stereocenters. The topological polar surface area (TPSA) is 117 Å². The lowest BCUT2D eigenvalue weighted by atomic mass is 10.1. The second-order valence-electron chi connectivity index (χ2n) is 7.88. The minimum atomic E-state index is -0.385. The molecular weight excluding hydrogens is 416 g/mol. The van der Waals surface area contributed by atoms with Crippen molar-refractivity contribution in [1.82, 2.24) is 34.3 Å². The average Bonchev–Trinajstić information content (AvgIpc) is 3.34. The van der Waals surface area contributed by atoms with E-state index in [1.165, 1.54) is 0 Å². The van der Waals surface area contributed by atoms with Crippen molar-refractivity contribution in [3.8, 4) is 0 Å². The van der Waals surface area contributed by atoms with Crippen molar-refractivity contribution in [3.05, 3.63) is 51.0 Å². The fourth-order valence-electron chi connectivity index (χ4n) is 4.06. The van der Waals surface area contributed by atoms with Crippen LogP contribution in [0, 0.1) is 37.8 Å². The highest BCUT2D eigenvalue weighted by molar-refractivity contribution is 7.26. The van der Waals surface area contributed by atoms with Gasteiger partial charge in [-0.05, 0) is 39.3 Å². The predicted octanol–water partition coefficient (Wildman–Crippen LogP) is 4.03. The molecule has 5 rings (SSSR count). The van der Waals surface area contributed by atoms with Crippen molar-refractivity contribution in [2.24, 2.45) is 0 Å². The van der Waals surface area contributed by atoms with Crippen molar-refractivity contribution in [2.75, 3.05) is 0 Å². The normalized spacial score (nSPS) is 12.9. The smallest absolute Gasteiger partial charge is 0.262 e. The highest BCUT2D eigenvalue weighted by Gasteiger charge is 2.24. The highest BCUT2D eigenvalue weighted by atomic mass is 32.1. The number of thiophene rings is 1. The van der Waals surface area contributed by atoms with Crippen molar-refractivity contribution in [3.63, 3.8) is 0 Å². The van der Waals surface area contributed by atoms with Gasteiger partial charge in [-0.15, -0.1) is 16.4 Å². The largest absolute Gasteiger partial charge is 0.312 e. The number of pyridine rings is 1. The minimum absolute atomic E-state index is 0.0597. The molecule has 0 fully saturated rings. The molecule has 0 saturated heterocycles. The lowest BCUT2D eigenvalue weighted by Crippen LogP contribution is -2.11. The molecule has 0 aliphatic carbocycles. The zero-order valence-electron chi connectivity index (χ0n) is 17.7. The molecule has 0 aliphatic heterocycles. The lowest BCUT2D eigenvalue weighted by Gasteiger charge is -2.08. The second kappa shape index (κ2) is 6.77. The van der Waals surface area contributed by atoms with Gasteiger partial charge in [-0.1, -0.05) is 6.92 Å². The van der Waals surface area contributed by atoms with Crippen LogP contribution in [-0.4, -0.2) is 39.3 Å². The van der Waals surface area contributed by atoms with Gasteiger partial charge in [0, 0.05) is 17.0 Å². The summed E-state index contributed by atoms with van der Waals surface area (Å²) in [7, 11) is 0. The predicted molar refractivity (Wildman–Crippen MR) is 118 cm³/mol. The Bertz CT molecular complexity index is 1510. The van der Waals surface area contributed by atoms with Gasteiger partial charge in [0.2, 0.25) is 0 Å². The molecule has 158 valence electrons. The molecule has 0 spiro atoms. The van der Waals surface area contributed by atoms with Gasteiger partial charge in [-0.2, -0.15) is 5.10 Å². The summed E-state index contributed by atoms with van der Waals surface area (Å²) >= 11 is 1.57. The van der Waals surface area contributed by atoms with E-state index >= 15 is 0 Å².